The standard InChI is InChI=1S/C23H27ClN2O9S/c24-18-6-5-17(36-18)15-9-12(26-35-15)11-33-14-4-1-3-13(19(14)25)31-7-2-8-32-23-22(30)21(29)20(28)16(10-27)34-23/h1,3-6,9,16,20-23,27-30H,2,7-8,10-11,25H2/t16-,20-,21+,22-,23-/m1/s1. The monoisotopic (exact) mass is 542 g/mol. The SMILES string of the molecule is Nc1c(OCCCO[C@@H]2O[C@H](CO)[C@@H](O)[C@H](O)[C@H]2O)cccc1OCc1cc(-c2ccc(Cl)s2)on1. The maximum absolute atomic E-state index is 10.00. The van der Waals surface area contributed by atoms with Crippen LogP contribution in [0.1, 0.15) is 12.1 Å². The topological polar surface area (TPSA) is 170 Å². The third-order valence-corrected chi connectivity index (χ3v) is 6.70. The van der Waals surface area contributed by atoms with Crippen LogP contribution in [0.3, 0.4) is 0 Å². The van der Waals surface area contributed by atoms with E-state index in [9.17, 15) is 20.4 Å². The molecule has 11 nitrogen and oxygen atoms in total. The Kier molecular flexibility index (Phi) is 9.04. The van der Waals surface area contributed by atoms with Crippen LogP contribution in [0.2, 0.25) is 4.34 Å². The summed E-state index contributed by atoms with van der Waals surface area (Å²) in [7, 11) is 0. The Morgan fingerprint density at radius 1 is 1.03 bits per heavy atom. The lowest BCUT2D eigenvalue weighted by atomic mass is 9.99. The molecule has 0 amide bonds. The Bertz CT molecular complexity index is 1120. The van der Waals surface area contributed by atoms with Crippen LogP contribution in [0.15, 0.2) is 40.9 Å². The molecule has 196 valence electrons. The average molecular weight is 543 g/mol. The molecule has 1 aliphatic rings. The van der Waals surface area contributed by atoms with Crippen molar-refractivity contribution in [1.82, 2.24) is 5.16 Å². The number of thiophene rings is 1. The van der Waals surface area contributed by atoms with E-state index < -0.39 is 37.3 Å². The van der Waals surface area contributed by atoms with E-state index >= 15 is 0 Å². The molecule has 0 aliphatic carbocycles. The summed E-state index contributed by atoms with van der Waals surface area (Å²) in [5, 5.41) is 42.9. The molecular weight excluding hydrogens is 516 g/mol. The molecule has 2 aromatic heterocycles. The molecule has 13 heteroatoms. The van der Waals surface area contributed by atoms with Crippen molar-refractivity contribution < 1.29 is 43.9 Å². The first-order valence-corrected chi connectivity index (χ1v) is 12.3. The van der Waals surface area contributed by atoms with Gasteiger partial charge in [-0.15, -0.1) is 11.3 Å². The van der Waals surface area contributed by atoms with Crippen molar-refractivity contribution in [2.45, 2.75) is 43.7 Å². The van der Waals surface area contributed by atoms with Crippen LogP contribution in [0, 0.1) is 0 Å². The number of aromatic nitrogens is 1. The van der Waals surface area contributed by atoms with Crippen molar-refractivity contribution in [2.75, 3.05) is 25.6 Å². The highest BCUT2D eigenvalue weighted by Gasteiger charge is 2.43. The molecular formula is C23H27ClN2O9S. The van der Waals surface area contributed by atoms with Crippen LogP contribution in [-0.2, 0) is 16.1 Å². The predicted molar refractivity (Wildman–Crippen MR) is 130 cm³/mol. The van der Waals surface area contributed by atoms with E-state index in [1.807, 2.05) is 6.07 Å². The van der Waals surface area contributed by atoms with Crippen LogP contribution in [0.25, 0.3) is 10.6 Å². The van der Waals surface area contributed by atoms with Gasteiger partial charge in [0, 0.05) is 12.5 Å². The summed E-state index contributed by atoms with van der Waals surface area (Å²) < 4.78 is 28.3. The third-order valence-electron chi connectivity index (χ3n) is 5.45. The highest BCUT2D eigenvalue weighted by molar-refractivity contribution is 7.19. The Morgan fingerprint density at radius 2 is 1.81 bits per heavy atom. The first kappa shape index (κ1) is 26.6. The van der Waals surface area contributed by atoms with Crippen molar-refractivity contribution in [3.63, 3.8) is 0 Å². The van der Waals surface area contributed by atoms with E-state index in [2.05, 4.69) is 5.16 Å². The number of nitrogens with two attached hydrogens (primary N) is 1. The summed E-state index contributed by atoms with van der Waals surface area (Å²) in [6.45, 7) is -0.0139. The van der Waals surface area contributed by atoms with Gasteiger partial charge in [-0.1, -0.05) is 22.8 Å². The lowest BCUT2D eigenvalue weighted by Crippen LogP contribution is -2.59. The van der Waals surface area contributed by atoms with Gasteiger partial charge in [0.05, 0.1) is 29.0 Å². The molecule has 3 aromatic rings. The van der Waals surface area contributed by atoms with E-state index in [0.29, 0.717) is 39.4 Å². The van der Waals surface area contributed by atoms with E-state index in [1.165, 1.54) is 11.3 Å². The molecule has 0 saturated carbocycles. The zero-order valence-electron chi connectivity index (χ0n) is 19.0. The molecule has 1 aromatic carbocycles. The van der Waals surface area contributed by atoms with Crippen molar-refractivity contribution in [3.05, 3.63) is 46.4 Å². The molecule has 0 bridgehead atoms. The molecule has 5 atom stereocenters. The van der Waals surface area contributed by atoms with Crippen LogP contribution >= 0.6 is 22.9 Å². The quantitative estimate of drug-likeness (QED) is 0.177. The minimum atomic E-state index is -1.49. The molecule has 0 radical (unpaired) electrons. The highest BCUT2D eigenvalue weighted by Crippen LogP contribution is 2.33. The number of aliphatic hydroxyl groups is 4. The van der Waals surface area contributed by atoms with Crippen molar-refractivity contribution in [3.8, 4) is 22.1 Å². The van der Waals surface area contributed by atoms with Crippen LogP contribution in [0.5, 0.6) is 11.5 Å². The first-order valence-electron chi connectivity index (χ1n) is 11.1. The van der Waals surface area contributed by atoms with Gasteiger partial charge in [-0.2, -0.15) is 0 Å². The smallest absolute Gasteiger partial charge is 0.186 e. The molecule has 1 fully saturated rings. The van der Waals surface area contributed by atoms with Gasteiger partial charge in [0.2, 0.25) is 0 Å². The van der Waals surface area contributed by atoms with Crippen LogP contribution < -0.4 is 15.2 Å². The minimum absolute atomic E-state index is 0.128. The summed E-state index contributed by atoms with van der Waals surface area (Å²) in [6.07, 6.45) is -6.16. The Hall–Kier alpha value is -2.42. The molecule has 0 spiro atoms. The molecule has 3 heterocycles. The number of anilines is 1. The Morgan fingerprint density at radius 3 is 2.53 bits per heavy atom. The molecule has 4 rings (SSSR count). The maximum atomic E-state index is 10.00. The first-order chi connectivity index (χ1) is 17.4. The number of hydrogen-bond donors (Lipinski definition) is 5. The van der Waals surface area contributed by atoms with Gasteiger partial charge >= 0.3 is 0 Å². The summed E-state index contributed by atoms with van der Waals surface area (Å²) in [6, 6.07) is 10.6. The van der Waals surface area contributed by atoms with Gasteiger partial charge < -0.3 is 49.6 Å². The second kappa shape index (κ2) is 12.2. The normalized spacial score (nSPS) is 24.1. The van der Waals surface area contributed by atoms with Gasteiger partial charge in [0.1, 0.15) is 53.9 Å². The number of hydrogen-bond acceptors (Lipinski definition) is 12. The number of para-hydroxylation sites is 1. The molecule has 1 saturated heterocycles. The number of aliphatic hydroxyl groups excluding tert-OH is 4. The van der Waals surface area contributed by atoms with Gasteiger partial charge in [0.15, 0.2) is 12.1 Å². The van der Waals surface area contributed by atoms with E-state index in [4.69, 9.17) is 40.8 Å². The van der Waals surface area contributed by atoms with Crippen molar-refractivity contribution in [1.29, 1.82) is 0 Å². The fourth-order valence-corrected chi connectivity index (χ4v) is 4.51. The van der Waals surface area contributed by atoms with Gasteiger partial charge in [-0.05, 0) is 24.3 Å². The zero-order valence-corrected chi connectivity index (χ0v) is 20.6. The van der Waals surface area contributed by atoms with Crippen molar-refractivity contribution >= 4 is 28.6 Å². The van der Waals surface area contributed by atoms with Crippen LogP contribution in [0.4, 0.5) is 5.69 Å². The molecule has 0 unspecified atom stereocenters. The van der Waals surface area contributed by atoms with Crippen molar-refractivity contribution in [2.24, 2.45) is 0 Å². The van der Waals surface area contributed by atoms with E-state index in [0.717, 1.165) is 4.88 Å². The number of ether oxygens (including phenoxy) is 4. The summed E-state index contributed by atoms with van der Waals surface area (Å²) in [5.41, 5.74) is 7.10. The van der Waals surface area contributed by atoms with E-state index in [1.54, 1.807) is 30.3 Å². The lowest BCUT2D eigenvalue weighted by molar-refractivity contribution is -0.301. The molecule has 36 heavy (non-hydrogen) atoms. The third kappa shape index (κ3) is 6.28. The average Bonchev–Trinajstić information content (AvgIpc) is 3.53. The number of halogens is 1. The predicted octanol–water partition coefficient (Wildman–Crippen LogP) is 1.80. The van der Waals surface area contributed by atoms with Gasteiger partial charge in [0.25, 0.3) is 0 Å². The number of benzene rings is 1. The number of nitrogens with zero attached hydrogens (tertiary/aromatic N) is 1. The fourth-order valence-electron chi connectivity index (χ4n) is 3.52. The maximum Gasteiger partial charge on any atom is 0.186 e. The minimum Gasteiger partial charge on any atom is -0.491 e. The van der Waals surface area contributed by atoms with Gasteiger partial charge in [-0.25, -0.2) is 0 Å². The van der Waals surface area contributed by atoms with Gasteiger partial charge in [-0.3, -0.25) is 0 Å². The fraction of sp³-hybridized carbons (Fsp3) is 0.435. The number of nitrogen functional groups attached to an aromatic ring is 1. The summed E-state index contributed by atoms with van der Waals surface area (Å²) >= 11 is 7.35. The van der Waals surface area contributed by atoms with Crippen LogP contribution in [-0.4, -0.2) is 76.1 Å². The second-order valence-electron chi connectivity index (χ2n) is 8.01. The Balaban J connectivity index is 1.23. The molecule has 1 aliphatic heterocycles. The lowest BCUT2D eigenvalue weighted by Gasteiger charge is -2.39. The zero-order chi connectivity index (χ0) is 25.7. The molecule has 6 N–H and O–H groups in total. The van der Waals surface area contributed by atoms with E-state index in [-0.39, 0.29) is 19.8 Å². The summed E-state index contributed by atoms with van der Waals surface area (Å²) in [4.78, 5) is 0.865. The largest absolute Gasteiger partial charge is 0.491 e. The second-order valence-corrected chi connectivity index (χ2v) is 9.73. The number of rotatable bonds is 11. The summed E-state index contributed by atoms with van der Waals surface area (Å²) in [5.74, 6) is 1.45. The highest BCUT2D eigenvalue weighted by atomic mass is 35.5. The Labute approximate surface area is 215 Å².